The first-order chi connectivity index (χ1) is 9.61. The van der Waals surface area contributed by atoms with E-state index in [4.69, 9.17) is 4.74 Å². The highest BCUT2D eigenvalue weighted by Crippen LogP contribution is 2.28. The van der Waals surface area contributed by atoms with Crippen molar-refractivity contribution in [3.8, 4) is 0 Å². The predicted octanol–water partition coefficient (Wildman–Crippen LogP) is 4.17. The zero-order chi connectivity index (χ0) is 14.5. The van der Waals surface area contributed by atoms with Crippen molar-refractivity contribution in [2.24, 2.45) is 16.8 Å². The van der Waals surface area contributed by atoms with Crippen LogP contribution in [0.15, 0.2) is 40.9 Å². The van der Waals surface area contributed by atoms with E-state index in [2.05, 4.69) is 24.9 Å². The molecule has 0 saturated carbocycles. The Morgan fingerprint density at radius 2 is 2.15 bits per heavy atom. The Morgan fingerprint density at radius 3 is 2.85 bits per heavy atom. The number of nitrogens with zero attached hydrogens (tertiary/aromatic N) is 1. The van der Waals surface area contributed by atoms with Gasteiger partial charge in [-0.15, -0.1) is 0 Å². The smallest absolute Gasteiger partial charge is 0.340 e. The highest BCUT2D eigenvalue weighted by Gasteiger charge is 2.18. The Morgan fingerprint density at radius 1 is 1.40 bits per heavy atom. The van der Waals surface area contributed by atoms with Crippen molar-refractivity contribution in [2.75, 3.05) is 7.11 Å². The number of allylic oxidation sites excluding steroid dienone is 2. The van der Waals surface area contributed by atoms with Crippen molar-refractivity contribution in [3.63, 3.8) is 0 Å². The minimum atomic E-state index is -0.342. The third-order valence-electron chi connectivity index (χ3n) is 3.81. The van der Waals surface area contributed by atoms with E-state index in [1.54, 1.807) is 6.07 Å². The first-order valence-corrected chi connectivity index (χ1v) is 7.00. The van der Waals surface area contributed by atoms with Crippen LogP contribution in [0.4, 0.5) is 5.69 Å². The van der Waals surface area contributed by atoms with Gasteiger partial charge in [-0.25, -0.2) is 4.79 Å². The quantitative estimate of drug-likeness (QED) is 0.470. The molecule has 1 aromatic carbocycles. The number of rotatable bonds is 3. The fourth-order valence-corrected chi connectivity index (χ4v) is 2.57. The SMILES string of the molecule is COC(=O)c1ccccc1/N=C/C1CCC(C)=CC1C. The second kappa shape index (κ2) is 6.51. The average molecular weight is 271 g/mol. The molecule has 0 fully saturated rings. The van der Waals surface area contributed by atoms with E-state index in [1.165, 1.54) is 12.7 Å². The lowest BCUT2D eigenvalue weighted by atomic mass is 9.83. The maximum absolute atomic E-state index is 11.7. The molecule has 2 unspecified atom stereocenters. The summed E-state index contributed by atoms with van der Waals surface area (Å²) in [6.07, 6.45) is 6.54. The van der Waals surface area contributed by atoms with Gasteiger partial charge in [0.1, 0.15) is 0 Å². The molecule has 1 aromatic rings. The van der Waals surface area contributed by atoms with Crippen molar-refractivity contribution in [2.45, 2.75) is 26.7 Å². The van der Waals surface area contributed by atoms with Gasteiger partial charge in [-0.2, -0.15) is 0 Å². The topological polar surface area (TPSA) is 38.7 Å². The Labute approximate surface area is 120 Å². The van der Waals surface area contributed by atoms with Gasteiger partial charge in [-0.05, 0) is 37.8 Å². The van der Waals surface area contributed by atoms with E-state index in [0.717, 1.165) is 12.8 Å². The molecule has 0 spiro atoms. The van der Waals surface area contributed by atoms with Crippen LogP contribution in [-0.4, -0.2) is 19.3 Å². The highest BCUT2D eigenvalue weighted by molar-refractivity contribution is 5.95. The first kappa shape index (κ1) is 14.5. The molecule has 1 aliphatic rings. The Kier molecular flexibility index (Phi) is 4.72. The lowest BCUT2D eigenvalue weighted by Gasteiger charge is -2.23. The molecule has 1 aliphatic carbocycles. The van der Waals surface area contributed by atoms with Crippen LogP contribution in [0.2, 0.25) is 0 Å². The normalized spacial score (nSPS) is 22.6. The molecule has 106 valence electrons. The van der Waals surface area contributed by atoms with Gasteiger partial charge in [0.2, 0.25) is 0 Å². The molecular weight excluding hydrogens is 250 g/mol. The second-order valence-electron chi connectivity index (χ2n) is 5.36. The summed E-state index contributed by atoms with van der Waals surface area (Å²) < 4.78 is 4.78. The standard InChI is InChI=1S/C17H21NO2/c1-12-8-9-14(13(2)10-12)11-18-16-7-5-4-6-15(16)17(19)20-3/h4-7,10-11,13-14H,8-9H2,1-3H3/b18-11+. The molecule has 0 saturated heterocycles. The molecule has 3 nitrogen and oxygen atoms in total. The fraction of sp³-hybridized carbons (Fsp3) is 0.412. The zero-order valence-corrected chi connectivity index (χ0v) is 12.3. The molecule has 3 heteroatoms. The number of carbonyl (C=O) groups excluding carboxylic acids is 1. The molecule has 2 rings (SSSR count). The number of esters is 1. The zero-order valence-electron chi connectivity index (χ0n) is 12.3. The summed E-state index contributed by atoms with van der Waals surface area (Å²) >= 11 is 0. The second-order valence-corrected chi connectivity index (χ2v) is 5.36. The van der Waals surface area contributed by atoms with E-state index in [0.29, 0.717) is 23.1 Å². The Bertz CT molecular complexity index is 546. The number of benzene rings is 1. The van der Waals surface area contributed by atoms with E-state index >= 15 is 0 Å². The molecule has 0 heterocycles. The van der Waals surface area contributed by atoms with Gasteiger partial charge in [0.15, 0.2) is 0 Å². The maximum atomic E-state index is 11.7. The number of carbonyl (C=O) groups is 1. The summed E-state index contributed by atoms with van der Waals surface area (Å²) in [6, 6.07) is 7.29. The van der Waals surface area contributed by atoms with E-state index < -0.39 is 0 Å². The van der Waals surface area contributed by atoms with Gasteiger partial charge in [0.05, 0.1) is 18.4 Å². The van der Waals surface area contributed by atoms with E-state index in [9.17, 15) is 4.79 Å². The monoisotopic (exact) mass is 271 g/mol. The van der Waals surface area contributed by atoms with Gasteiger partial charge in [-0.3, -0.25) is 4.99 Å². The fourth-order valence-electron chi connectivity index (χ4n) is 2.57. The molecule has 0 amide bonds. The van der Waals surface area contributed by atoms with Crippen LogP contribution in [-0.2, 0) is 4.74 Å². The summed E-state index contributed by atoms with van der Waals surface area (Å²) in [5.41, 5.74) is 2.65. The summed E-state index contributed by atoms with van der Waals surface area (Å²) in [6.45, 7) is 4.39. The third kappa shape index (κ3) is 3.35. The summed E-state index contributed by atoms with van der Waals surface area (Å²) in [5.74, 6) is 0.590. The molecule has 0 radical (unpaired) electrons. The average Bonchev–Trinajstić information content (AvgIpc) is 2.46. The molecule has 20 heavy (non-hydrogen) atoms. The number of ether oxygens (including phenoxy) is 1. The van der Waals surface area contributed by atoms with Gasteiger partial charge in [0.25, 0.3) is 0 Å². The highest BCUT2D eigenvalue weighted by atomic mass is 16.5. The number of hydrogen-bond acceptors (Lipinski definition) is 3. The van der Waals surface area contributed by atoms with Crippen LogP contribution in [0.25, 0.3) is 0 Å². The molecular formula is C17H21NO2. The number of para-hydroxylation sites is 1. The van der Waals surface area contributed by atoms with Crippen LogP contribution in [0.1, 0.15) is 37.0 Å². The largest absolute Gasteiger partial charge is 0.465 e. The Hall–Kier alpha value is -1.90. The summed E-state index contributed by atoms with van der Waals surface area (Å²) in [4.78, 5) is 16.2. The van der Waals surface area contributed by atoms with Crippen LogP contribution in [0, 0.1) is 11.8 Å². The lowest BCUT2D eigenvalue weighted by Crippen LogP contribution is -2.15. The number of hydrogen-bond donors (Lipinski definition) is 0. The molecule has 0 aromatic heterocycles. The van der Waals surface area contributed by atoms with Gasteiger partial charge < -0.3 is 4.74 Å². The van der Waals surface area contributed by atoms with Gasteiger partial charge >= 0.3 is 5.97 Å². The maximum Gasteiger partial charge on any atom is 0.340 e. The molecule has 0 bridgehead atoms. The van der Waals surface area contributed by atoms with Crippen LogP contribution in [0.5, 0.6) is 0 Å². The third-order valence-corrected chi connectivity index (χ3v) is 3.81. The lowest BCUT2D eigenvalue weighted by molar-refractivity contribution is 0.0601. The predicted molar refractivity (Wildman–Crippen MR) is 81.6 cm³/mol. The minimum absolute atomic E-state index is 0.342. The van der Waals surface area contributed by atoms with Crippen LogP contribution >= 0.6 is 0 Å². The van der Waals surface area contributed by atoms with Crippen molar-refractivity contribution in [1.29, 1.82) is 0 Å². The van der Waals surface area contributed by atoms with Crippen molar-refractivity contribution >= 4 is 17.9 Å². The van der Waals surface area contributed by atoms with Crippen molar-refractivity contribution in [3.05, 3.63) is 41.5 Å². The minimum Gasteiger partial charge on any atom is -0.465 e. The number of methoxy groups -OCH3 is 1. The summed E-state index contributed by atoms with van der Waals surface area (Å²) in [5, 5.41) is 0. The number of aliphatic imine (C=N–C) groups is 1. The Balaban J connectivity index is 2.18. The van der Waals surface area contributed by atoms with Crippen LogP contribution < -0.4 is 0 Å². The van der Waals surface area contributed by atoms with Crippen LogP contribution in [0.3, 0.4) is 0 Å². The van der Waals surface area contributed by atoms with Crippen molar-refractivity contribution in [1.82, 2.24) is 0 Å². The first-order valence-electron chi connectivity index (χ1n) is 7.00. The molecule has 2 atom stereocenters. The molecule has 0 N–H and O–H groups in total. The van der Waals surface area contributed by atoms with E-state index in [-0.39, 0.29) is 5.97 Å². The van der Waals surface area contributed by atoms with Gasteiger partial charge in [0, 0.05) is 12.1 Å². The molecule has 0 aliphatic heterocycles. The van der Waals surface area contributed by atoms with Crippen molar-refractivity contribution < 1.29 is 9.53 Å². The summed E-state index contributed by atoms with van der Waals surface area (Å²) in [7, 11) is 1.39. The van der Waals surface area contributed by atoms with Gasteiger partial charge in [-0.1, -0.05) is 30.7 Å². The van der Waals surface area contributed by atoms with E-state index in [1.807, 2.05) is 24.4 Å².